The number of methoxy groups -OCH3 is 1. The van der Waals surface area contributed by atoms with Crippen molar-refractivity contribution in [3.8, 4) is 11.8 Å². The molecule has 1 N–H and O–H groups in total. The number of imidazole rings is 1. The lowest BCUT2D eigenvalue weighted by molar-refractivity contribution is -0.142. The first-order valence-corrected chi connectivity index (χ1v) is 6.35. The fourth-order valence-electron chi connectivity index (χ4n) is 1.88. The normalized spacial score (nSPS) is 9.95. The van der Waals surface area contributed by atoms with E-state index in [0.29, 0.717) is 17.7 Å². The summed E-state index contributed by atoms with van der Waals surface area (Å²) in [5.41, 5.74) is 2.20. The standard InChI is InChI=1S/C15H15N3O3/c1-10(19)21-9-13-8-17-15(18-13)6-11-3-4-12(7-16)14(5-11)20-2/h3-5,8H,6,9H2,1-2H3,(H,17,18). The summed E-state index contributed by atoms with van der Waals surface area (Å²) < 4.78 is 10.1. The van der Waals surface area contributed by atoms with Crippen molar-refractivity contribution in [3.63, 3.8) is 0 Å². The second kappa shape index (κ2) is 6.57. The van der Waals surface area contributed by atoms with Crippen LogP contribution >= 0.6 is 0 Å². The third-order valence-corrected chi connectivity index (χ3v) is 2.87. The van der Waals surface area contributed by atoms with E-state index in [9.17, 15) is 4.79 Å². The van der Waals surface area contributed by atoms with Gasteiger partial charge in [-0.25, -0.2) is 4.98 Å². The highest BCUT2D eigenvalue weighted by Crippen LogP contribution is 2.20. The molecule has 1 heterocycles. The first-order valence-electron chi connectivity index (χ1n) is 6.35. The second-order valence-corrected chi connectivity index (χ2v) is 4.46. The Hall–Kier alpha value is -2.81. The molecule has 0 unspecified atom stereocenters. The van der Waals surface area contributed by atoms with Gasteiger partial charge in [0.05, 0.1) is 24.6 Å². The Kier molecular flexibility index (Phi) is 4.57. The minimum absolute atomic E-state index is 0.180. The van der Waals surface area contributed by atoms with E-state index in [-0.39, 0.29) is 12.6 Å². The molecule has 0 aliphatic carbocycles. The van der Waals surface area contributed by atoms with Crippen molar-refractivity contribution >= 4 is 5.97 Å². The smallest absolute Gasteiger partial charge is 0.303 e. The van der Waals surface area contributed by atoms with Gasteiger partial charge in [-0.05, 0) is 17.7 Å². The molecule has 0 fully saturated rings. The Morgan fingerprint density at radius 3 is 2.95 bits per heavy atom. The maximum Gasteiger partial charge on any atom is 0.303 e. The molecule has 2 rings (SSSR count). The third-order valence-electron chi connectivity index (χ3n) is 2.87. The van der Waals surface area contributed by atoms with Gasteiger partial charge in [0, 0.05) is 13.3 Å². The number of carbonyl (C=O) groups excluding carboxylic acids is 1. The molecular weight excluding hydrogens is 270 g/mol. The van der Waals surface area contributed by atoms with E-state index in [0.717, 1.165) is 17.1 Å². The van der Waals surface area contributed by atoms with Crippen LogP contribution in [0.3, 0.4) is 0 Å². The van der Waals surface area contributed by atoms with Gasteiger partial charge < -0.3 is 14.5 Å². The van der Waals surface area contributed by atoms with Crippen LogP contribution in [0, 0.1) is 11.3 Å². The minimum atomic E-state index is -0.331. The Labute approximate surface area is 122 Å². The first kappa shape index (κ1) is 14.6. The zero-order valence-electron chi connectivity index (χ0n) is 11.8. The van der Waals surface area contributed by atoms with E-state index in [1.807, 2.05) is 12.1 Å². The summed E-state index contributed by atoms with van der Waals surface area (Å²) in [7, 11) is 1.53. The summed E-state index contributed by atoms with van der Waals surface area (Å²) in [5.74, 6) is 0.966. The summed E-state index contributed by atoms with van der Waals surface area (Å²) in [6.07, 6.45) is 2.21. The lowest BCUT2D eigenvalue weighted by Gasteiger charge is -2.05. The summed E-state index contributed by atoms with van der Waals surface area (Å²) in [5, 5.41) is 8.95. The average molecular weight is 285 g/mol. The SMILES string of the molecule is COc1cc(Cc2ncc(COC(C)=O)[nH]2)ccc1C#N. The number of rotatable bonds is 5. The molecule has 0 amide bonds. The number of hydrogen-bond acceptors (Lipinski definition) is 5. The fraction of sp³-hybridized carbons (Fsp3) is 0.267. The van der Waals surface area contributed by atoms with Gasteiger partial charge >= 0.3 is 5.97 Å². The molecule has 0 saturated carbocycles. The van der Waals surface area contributed by atoms with Crippen LogP contribution in [0.5, 0.6) is 5.75 Å². The Bertz CT molecular complexity index is 686. The number of aromatic nitrogens is 2. The van der Waals surface area contributed by atoms with Gasteiger partial charge in [0.1, 0.15) is 24.3 Å². The van der Waals surface area contributed by atoms with Crippen molar-refractivity contribution in [2.45, 2.75) is 20.0 Å². The number of hydrogen-bond donors (Lipinski definition) is 1. The van der Waals surface area contributed by atoms with Gasteiger partial charge in [-0.2, -0.15) is 5.26 Å². The molecule has 6 nitrogen and oxygen atoms in total. The third kappa shape index (κ3) is 3.83. The van der Waals surface area contributed by atoms with Crippen LogP contribution in [-0.2, 0) is 22.6 Å². The number of H-pyrrole nitrogens is 1. The molecule has 0 radical (unpaired) electrons. The largest absolute Gasteiger partial charge is 0.495 e. The van der Waals surface area contributed by atoms with Crippen molar-refractivity contribution < 1.29 is 14.3 Å². The summed E-state index contributed by atoms with van der Waals surface area (Å²) >= 11 is 0. The molecule has 21 heavy (non-hydrogen) atoms. The number of nitrogens with zero attached hydrogens (tertiary/aromatic N) is 2. The topological polar surface area (TPSA) is 88.0 Å². The van der Waals surface area contributed by atoms with Gasteiger partial charge in [-0.1, -0.05) is 6.07 Å². The lowest BCUT2D eigenvalue weighted by Crippen LogP contribution is -1.99. The quantitative estimate of drug-likeness (QED) is 0.848. The molecule has 0 aliphatic rings. The highest BCUT2D eigenvalue weighted by atomic mass is 16.5. The summed E-state index contributed by atoms with van der Waals surface area (Å²) in [6.45, 7) is 1.54. The van der Waals surface area contributed by atoms with Crippen LogP contribution in [0.1, 0.15) is 29.6 Å². The Morgan fingerprint density at radius 2 is 2.29 bits per heavy atom. The Balaban J connectivity index is 2.08. The molecule has 2 aromatic rings. The number of ether oxygens (including phenoxy) is 2. The van der Waals surface area contributed by atoms with Crippen molar-refractivity contribution in [1.82, 2.24) is 9.97 Å². The van der Waals surface area contributed by atoms with Crippen LogP contribution in [0.15, 0.2) is 24.4 Å². The molecule has 0 atom stereocenters. The molecule has 0 saturated heterocycles. The monoisotopic (exact) mass is 285 g/mol. The van der Waals surface area contributed by atoms with Crippen LogP contribution in [-0.4, -0.2) is 23.0 Å². The highest BCUT2D eigenvalue weighted by molar-refractivity contribution is 5.65. The van der Waals surface area contributed by atoms with E-state index >= 15 is 0 Å². The zero-order valence-corrected chi connectivity index (χ0v) is 11.8. The predicted octanol–water partition coefficient (Wildman–Crippen LogP) is 1.94. The van der Waals surface area contributed by atoms with Crippen molar-refractivity contribution in [2.24, 2.45) is 0 Å². The van der Waals surface area contributed by atoms with Crippen LogP contribution in [0.4, 0.5) is 0 Å². The molecule has 0 aliphatic heterocycles. The average Bonchev–Trinajstić information content (AvgIpc) is 2.92. The first-order chi connectivity index (χ1) is 10.1. The van der Waals surface area contributed by atoms with E-state index < -0.39 is 0 Å². The molecule has 6 heteroatoms. The maximum absolute atomic E-state index is 10.7. The van der Waals surface area contributed by atoms with Gasteiger partial charge in [-0.3, -0.25) is 4.79 Å². The molecule has 1 aromatic heterocycles. The van der Waals surface area contributed by atoms with Gasteiger partial charge in [0.2, 0.25) is 0 Å². The minimum Gasteiger partial charge on any atom is -0.495 e. The number of benzene rings is 1. The van der Waals surface area contributed by atoms with Crippen molar-refractivity contribution in [2.75, 3.05) is 7.11 Å². The lowest BCUT2D eigenvalue weighted by atomic mass is 10.1. The number of nitriles is 1. The zero-order chi connectivity index (χ0) is 15.2. The summed E-state index contributed by atoms with van der Waals surface area (Å²) in [6, 6.07) is 7.46. The number of nitrogens with one attached hydrogen (secondary N) is 1. The van der Waals surface area contributed by atoms with Crippen LogP contribution < -0.4 is 4.74 Å². The van der Waals surface area contributed by atoms with Crippen molar-refractivity contribution in [1.29, 1.82) is 5.26 Å². The number of carbonyl (C=O) groups is 1. The van der Waals surface area contributed by atoms with Gasteiger partial charge in [-0.15, -0.1) is 0 Å². The molecular formula is C15H15N3O3. The second-order valence-electron chi connectivity index (χ2n) is 4.46. The van der Waals surface area contributed by atoms with E-state index in [1.165, 1.54) is 14.0 Å². The van der Waals surface area contributed by atoms with Gasteiger partial charge in [0.15, 0.2) is 0 Å². The van der Waals surface area contributed by atoms with Crippen LogP contribution in [0.2, 0.25) is 0 Å². The highest BCUT2D eigenvalue weighted by Gasteiger charge is 2.07. The van der Waals surface area contributed by atoms with Crippen molar-refractivity contribution in [3.05, 3.63) is 47.0 Å². The number of esters is 1. The van der Waals surface area contributed by atoms with Gasteiger partial charge in [0.25, 0.3) is 0 Å². The molecule has 108 valence electrons. The molecule has 1 aromatic carbocycles. The molecule has 0 bridgehead atoms. The van der Waals surface area contributed by atoms with E-state index in [1.54, 1.807) is 12.3 Å². The maximum atomic E-state index is 10.7. The molecule has 0 spiro atoms. The fourth-order valence-corrected chi connectivity index (χ4v) is 1.88. The summed E-state index contributed by atoms with van der Waals surface area (Å²) in [4.78, 5) is 18.1. The van der Waals surface area contributed by atoms with E-state index in [2.05, 4.69) is 16.0 Å². The Morgan fingerprint density at radius 1 is 1.48 bits per heavy atom. The van der Waals surface area contributed by atoms with E-state index in [4.69, 9.17) is 14.7 Å². The number of aromatic amines is 1. The van der Waals surface area contributed by atoms with Crippen LogP contribution in [0.25, 0.3) is 0 Å². The predicted molar refractivity (Wildman–Crippen MR) is 74.6 cm³/mol.